The number of nitrogens with zero attached hydrogens (tertiary/aromatic N) is 1. The van der Waals surface area contributed by atoms with Gasteiger partial charge in [-0.25, -0.2) is 0 Å². The summed E-state index contributed by atoms with van der Waals surface area (Å²) < 4.78 is 0. The number of carbonyl (C=O) groups is 2. The Morgan fingerprint density at radius 2 is 1.87 bits per heavy atom. The SMILES string of the molecule is CCCC(C(=O)O)c1ccc(N2Cc3ccccc3C2=O)cc1. The summed E-state index contributed by atoms with van der Waals surface area (Å²) in [5.74, 6) is -1.29. The third-order valence-corrected chi connectivity index (χ3v) is 4.30. The van der Waals surface area contributed by atoms with Crippen molar-refractivity contribution in [2.45, 2.75) is 32.2 Å². The lowest BCUT2D eigenvalue weighted by Crippen LogP contribution is -2.23. The van der Waals surface area contributed by atoms with Crippen LogP contribution in [0.4, 0.5) is 5.69 Å². The maximum Gasteiger partial charge on any atom is 0.310 e. The van der Waals surface area contributed by atoms with Crippen LogP contribution in [-0.2, 0) is 11.3 Å². The van der Waals surface area contributed by atoms with Crippen molar-refractivity contribution in [3.8, 4) is 0 Å². The van der Waals surface area contributed by atoms with Crippen molar-refractivity contribution < 1.29 is 14.7 Å². The lowest BCUT2D eigenvalue weighted by atomic mass is 9.94. The molecule has 1 aliphatic heterocycles. The molecule has 1 amide bonds. The number of aliphatic carboxylic acids is 1. The molecule has 1 heterocycles. The van der Waals surface area contributed by atoms with Gasteiger partial charge in [-0.3, -0.25) is 9.59 Å². The van der Waals surface area contributed by atoms with Gasteiger partial charge in [0.15, 0.2) is 0 Å². The second-order valence-electron chi connectivity index (χ2n) is 5.82. The van der Waals surface area contributed by atoms with E-state index in [9.17, 15) is 14.7 Å². The topological polar surface area (TPSA) is 57.6 Å². The van der Waals surface area contributed by atoms with E-state index in [2.05, 4.69) is 0 Å². The first-order valence-electron chi connectivity index (χ1n) is 7.84. The largest absolute Gasteiger partial charge is 0.481 e. The molecule has 0 radical (unpaired) electrons. The fourth-order valence-corrected chi connectivity index (χ4v) is 3.07. The summed E-state index contributed by atoms with van der Waals surface area (Å²) in [6.45, 7) is 2.54. The van der Waals surface area contributed by atoms with Crippen LogP contribution in [-0.4, -0.2) is 17.0 Å². The average Bonchev–Trinajstić information content (AvgIpc) is 2.90. The van der Waals surface area contributed by atoms with Gasteiger partial charge in [0.05, 0.1) is 12.5 Å². The fraction of sp³-hybridized carbons (Fsp3) is 0.263. The van der Waals surface area contributed by atoms with Gasteiger partial charge in [-0.05, 0) is 35.7 Å². The molecule has 0 aromatic heterocycles. The minimum Gasteiger partial charge on any atom is -0.481 e. The molecule has 0 spiro atoms. The number of anilines is 1. The third kappa shape index (κ3) is 2.84. The first-order valence-corrected chi connectivity index (χ1v) is 7.84. The van der Waals surface area contributed by atoms with Crippen LogP contribution in [0.5, 0.6) is 0 Å². The molecule has 4 heteroatoms. The summed E-state index contributed by atoms with van der Waals surface area (Å²) in [5.41, 5.74) is 3.35. The minimum atomic E-state index is -0.802. The predicted octanol–water partition coefficient (Wildman–Crippen LogP) is 3.82. The summed E-state index contributed by atoms with van der Waals surface area (Å²) in [6.07, 6.45) is 1.43. The van der Waals surface area contributed by atoms with Crippen LogP contribution in [0.3, 0.4) is 0 Å². The number of carboxylic acid groups (broad SMARTS) is 1. The molecule has 4 nitrogen and oxygen atoms in total. The molecule has 0 saturated carbocycles. The standard InChI is InChI=1S/C19H19NO3/c1-2-5-17(19(22)23)13-8-10-15(11-9-13)20-12-14-6-3-4-7-16(14)18(20)21/h3-4,6-11,17H,2,5,12H2,1H3,(H,22,23). The van der Waals surface area contributed by atoms with Crippen LogP contribution in [0, 0.1) is 0 Å². The summed E-state index contributed by atoms with van der Waals surface area (Å²) in [7, 11) is 0. The highest BCUT2D eigenvalue weighted by molar-refractivity contribution is 6.09. The highest BCUT2D eigenvalue weighted by Crippen LogP contribution is 2.30. The van der Waals surface area contributed by atoms with E-state index in [-0.39, 0.29) is 5.91 Å². The second kappa shape index (κ2) is 6.24. The van der Waals surface area contributed by atoms with E-state index in [0.717, 1.165) is 28.8 Å². The Labute approximate surface area is 135 Å². The van der Waals surface area contributed by atoms with Gasteiger partial charge in [-0.15, -0.1) is 0 Å². The molecule has 23 heavy (non-hydrogen) atoms. The van der Waals surface area contributed by atoms with E-state index in [1.165, 1.54) is 0 Å². The Kier molecular flexibility index (Phi) is 4.15. The Balaban J connectivity index is 1.84. The van der Waals surface area contributed by atoms with Crippen molar-refractivity contribution in [2.24, 2.45) is 0 Å². The van der Waals surface area contributed by atoms with E-state index in [1.54, 1.807) is 4.90 Å². The number of fused-ring (bicyclic) bond motifs is 1. The summed E-state index contributed by atoms with van der Waals surface area (Å²) in [5, 5.41) is 9.33. The molecule has 1 unspecified atom stereocenters. The monoisotopic (exact) mass is 309 g/mol. The van der Waals surface area contributed by atoms with Crippen LogP contribution < -0.4 is 4.90 Å². The van der Waals surface area contributed by atoms with Gasteiger partial charge in [0.1, 0.15) is 0 Å². The summed E-state index contributed by atoms with van der Waals surface area (Å²) in [6, 6.07) is 14.9. The second-order valence-corrected chi connectivity index (χ2v) is 5.82. The Morgan fingerprint density at radius 3 is 2.48 bits per heavy atom. The number of amides is 1. The summed E-state index contributed by atoms with van der Waals surface area (Å²) in [4.78, 5) is 25.6. The molecule has 1 N–H and O–H groups in total. The van der Waals surface area contributed by atoms with E-state index < -0.39 is 11.9 Å². The minimum absolute atomic E-state index is 0.00306. The number of carboxylic acids is 1. The molecule has 1 atom stereocenters. The van der Waals surface area contributed by atoms with E-state index >= 15 is 0 Å². The zero-order valence-corrected chi connectivity index (χ0v) is 13.0. The quantitative estimate of drug-likeness (QED) is 0.913. The van der Waals surface area contributed by atoms with Gasteiger partial charge in [-0.2, -0.15) is 0 Å². The molecule has 0 aliphatic carbocycles. The smallest absolute Gasteiger partial charge is 0.310 e. The van der Waals surface area contributed by atoms with Crippen molar-refractivity contribution in [1.82, 2.24) is 0 Å². The van der Waals surface area contributed by atoms with Crippen LogP contribution in [0.25, 0.3) is 0 Å². The first-order chi connectivity index (χ1) is 11.1. The molecular weight excluding hydrogens is 290 g/mol. The van der Waals surface area contributed by atoms with Crippen LogP contribution in [0.1, 0.15) is 47.2 Å². The van der Waals surface area contributed by atoms with Gasteiger partial charge < -0.3 is 10.0 Å². The number of benzene rings is 2. The Hall–Kier alpha value is -2.62. The molecular formula is C19H19NO3. The fourth-order valence-electron chi connectivity index (χ4n) is 3.07. The van der Waals surface area contributed by atoms with Crippen molar-refractivity contribution in [2.75, 3.05) is 4.90 Å². The van der Waals surface area contributed by atoms with Crippen LogP contribution >= 0.6 is 0 Å². The zero-order valence-electron chi connectivity index (χ0n) is 13.0. The van der Waals surface area contributed by atoms with Crippen LogP contribution in [0.2, 0.25) is 0 Å². The van der Waals surface area contributed by atoms with Crippen molar-refractivity contribution >= 4 is 17.6 Å². The normalized spacial score (nSPS) is 14.7. The molecule has 2 aromatic carbocycles. The average molecular weight is 309 g/mol. The van der Waals surface area contributed by atoms with Gasteiger partial charge >= 0.3 is 5.97 Å². The van der Waals surface area contributed by atoms with Crippen molar-refractivity contribution in [3.63, 3.8) is 0 Å². The molecule has 3 rings (SSSR count). The maximum atomic E-state index is 12.5. The van der Waals surface area contributed by atoms with Crippen molar-refractivity contribution in [1.29, 1.82) is 0 Å². The first kappa shape index (κ1) is 15.3. The van der Waals surface area contributed by atoms with E-state index in [4.69, 9.17) is 0 Å². The maximum absolute atomic E-state index is 12.5. The molecule has 2 aromatic rings. The van der Waals surface area contributed by atoms with E-state index in [1.807, 2.05) is 55.5 Å². The number of hydrogen-bond acceptors (Lipinski definition) is 2. The molecule has 118 valence electrons. The van der Waals surface area contributed by atoms with Gasteiger partial charge in [0, 0.05) is 11.3 Å². The number of carbonyl (C=O) groups excluding carboxylic acids is 1. The number of hydrogen-bond donors (Lipinski definition) is 1. The predicted molar refractivity (Wildman–Crippen MR) is 88.7 cm³/mol. The third-order valence-electron chi connectivity index (χ3n) is 4.30. The lowest BCUT2D eigenvalue weighted by Gasteiger charge is -2.17. The zero-order chi connectivity index (χ0) is 16.4. The van der Waals surface area contributed by atoms with Crippen LogP contribution in [0.15, 0.2) is 48.5 Å². The highest BCUT2D eigenvalue weighted by Gasteiger charge is 2.28. The highest BCUT2D eigenvalue weighted by atomic mass is 16.4. The lowest BCUT2D eigenvalue weighted by molar-refractivity contribution is -0.139. The molecule has 0 bridgehead atoms. The van der Waals surface area contributed by atoms with Gasteiger partial charge in [0.25, 0.3) is 5.91 Å². The molecule has 0 fully saturated rings. The summed E-state index contributed by atoms with van der Waals surface area (Å²) >= 11 is 0. The molecule has 0 saturated heterocycles. The Morgan fingerprint density at radius 1 is 1.17 bits per heavy atom. The van der Waals surface area contributed by atoms with E-state index in [0.29, 0.717) is 13.0 Å². The van der Waals surface area contributed by atoms with Gasteiger partial charge in [-0.1, -0.05) is 43.7 Å². The van der Waals surface area contributed by atoms with Gasteiger partial charge in [0.2, 0.25) is 0 Å². The molecule has 1 aliphatic rings. The van der Waals surface area contributed by atoms with Crippen molar-refractivity contribution in [3.05, 3.63) is 65.2 Å². The Bertz CT molecular complexity index is 737. The number of rotatable bonds is 5.